The summed E-state index contributed by atoms with van der Waals surface area (Å²) in [6.45, 7) is 11.4. The molecule has 0 aromatic carbocycles. The van der Waals surface area contributed by atoms with E-state index in [1.54, 1.807) is 0 Å². The Bertz CT molecular complexity index is 949. The Morgan fingerprint density at radius 2 is 0.613 bits per heavy atom. The molecular formula is C56H108O6. The van der Waals surface area contributed by atoms with Crippen molar-refractivity contribution in [2.24, 2.45) is 11.8 Å². The molecule has 0 aromatic rings. The van der Waals surface area contributed by atoms with E-state index in [1.165, 1.54) is 199 Å². The molecule has 368 valence electrons. The molecule has 0 aliphatic carbocycles. The molecule has 1 unspecified atom stereocenters. The summed E-state index contributed by atoms with van der Waals surface area (Å²) >= 11 is 0. The van der Waals surface area contributed by atoms with Gasteiger partial charge in [0.25, 0.3) is 0 Å². The van der Waals surface area contributed by atoms with Gasteiger partial charge in [0.1, 0.15) is 13.2 Å². The number of carbonyl (C=O) groups excluding carboxylic acids is 3. The molecular weight excluding hydrogens is 769 g/mol. The van der Waals surface area contributed by atoms with Crippen LogP contribution >= 0.6 is 0 Å². The molecule has 0 amide bonds. The van der Waals surface area contributed by atoms with Crippen molar-refractivity contribution < 1.29 is 28.6 Å². The fourth-order valence-corrected chi connectivity index (χ4v) is 8.49. The van der Waals surface area contributed by atoms with Gasteiger partial charge in [-0.2, -0.15) is 0 Å². The van der Waals surface area contributed by atoms with Gasteiger partial charge in [-0.25, -0.2) is 0 Å². The number of carbonyl (C=O) groups is 3. The molecule has 0 aromatic heterocycles. The number of unbranched alkanes of at least 4 members (excludes halogenated alkanes) is 34. The third kappa shape index (κ3) is 47.9. The summed E-state index contributed by atoms with van der Waals surface area (Å²) in [6, 6.07) is 0. The second-order valence-corrected chi connectivity index (χ2v) is 19.9. The first-order valence-corrected chi connectivity index (χ1v) is 27.8. The van der Waals surface area contributed by atoms with Crippen molar-refractivity contribution in [2.45, 2.75) is 317 Å². The molecule has 6 heteroatoms. The molecule has 0 aliphatic heterocycles. The number of hydrogen-bond acceptors (Lipinski definition) is 6. The Labute approximate surface area is 387 Å². The quantitative estimate of drug-likeness (QED) is 0.0344. The van der Waals surface area contributed by atoms with Crippen molar-refractivity contribution in [1.29, 1.82) is 0 Å². The van der Waals surface area contributed by atoms with Crippen LogP contribution in [0.4, 0.5) is 0 Å². The first kappa shape index (κ1) is 60.4. The Balaban J connectivity index is 4.27. The van der Waals surface area contributed by atoms with E-state index >= 15 is 0 Å². The lowest BCUT2D eigenvalue weighted by molar-refractivity contribution is -0.167. The summed E-state index contributed by atoms with van der Waals surface area (Å²) in [5.74, 6) is 0.820. The van der Waals surface area contributed by atoms with Crippen molar-refractivity contribution in [2.75, 3.05) is 13.2 Å². The van der Waals surface area contributed by atoms with Crippen molar-refractivity contribution in [3.05, 3.63) is 0 Å². The molecule has 0 fully saturated rings. The Hall–Kier alpha value is -1.59. The molecule has 0 aliphatic rings. The average molecular weight is 877 g/mol. The van der Waals surface area contributed by atoms with Gasteiger partial charge in [-0.3, -0.25) is 14.4 Å². The zero-order chi connectivity index (χ0) is 45.4. The minimum Gasteiger partial charge on any atom is -0.462 e. The number of hydrogen-bond donors (Lipinski definition) is 0. The minimum atomic E-state index is -0.763. The fourth-order valence-electron chi connectivity index (χ4n) is 8.49. The zero-order valence-corrected chi connectivity index (χ0v) is 42.5. The molecule has 62 heavy (non-hydrogen) atoms. The number of esters is 3. The van der Waals surface area contributed by atoms with Gasteiger partial charge in [0.15, 0.2) is 6.10 Å². The van der Waals surface area contributed by atoms with E-state index in [2.05, 4.69) is 34.6 Å². The number of rotatable bonds is 50. The van der Waals surface area contributed by atoms with Gasteiger partial charge in [-0.15, -0.1) is 0 Å². The Morgan fingerprint density at radius 3 is 0.919 bits per heavy atom. The van der Waals surface area contributed by atoms with Crippen LogP contribution in [-0.4, -0.2) is 37.2 Å². The van der Waals surface area contributed by atoms with Crippen LogP contribution in [0.25, 0.3) is 0 Å². The van der Waals surface area contributed by atoms with Gasteiger partial charge >= 0.3 is 17.9 Å². The highest BCUT2D eigenvalue weighted by atomic mass is 16.6. The van der Waals surface area contributed by atoms with Gasteiger partial charge in [-0.05, 0) is 31.1 Å². The van der Waals surface area contributed by atoms with Crippen molar-refractivity contribution in [3.8, 4) is 0 Å². The SMILES string of the molecule is CCCCCCCCCCCCCCCCCCCCCC(=O)O[C@@H](COC(=O)CCCCCCCCCCCCC(C)CC)COC(=O)CCCCCCCCCCC(C)C. The fraction of sp³-hybridized carbons (Fsp3) is 0.946. The molecule has 6 nitrogen and oxygen atoms in total. The van der Waals surface area contributed by atoms with Gasteiger partial charge < -0.3 is 14.2 Å². The second-order valence-electron chi connectivity index (χ2n) is 19.9. The highest BCUT2D eigenvalue weighted by Crippen LogP contribution is 2.18. The normalized spacial score (nSPS) is 12.5. The number of ether oxygens (including phenoxy) is 3. The molecule has 0 rings (SSSR count). The molecule has 0 radical (unpaired) electrons. The summed E-state index contributed by atoms with van der Waals surface area (Å²) in [7, 11) is 0. The first-order chi connectivity index (χ1) is 30.3. The van der Waals surface area contributed by atoms with E-state index < -0.39 is 6.10 Å². The van der Waals surface area contributed by atoms with Gasteiger partial charge in [-0.1, -0.05) is 272 Å². The van der Waals surface area contributed by atoms with Gasteiger partial charge in [0, 0.05) is 19.3 Å². The lowest BCUT2D eigenvalue weighted by Gasteiger charge is -2.18. The smallest absolute Gasteiger partial charge is 0.306 e. The predicted molar refractivity (Wildman–Crippen MR) is 266 cm³/mol. The summed E-state index contributed by atoms with van der Waals surface area (Å²) in [6.07, 6.45) is 50.9. The van der Waals surface area contributed by atoms with Gasteiger partial charge in [0.05, 0.1) is 0 Å². The van der Waals surface area contributed by atoms with E-state index in [-0.39, 0.29) is 31.1 Å². The largest absolute Gasteiger partial charge is 0.462 e. The van der Waals surface area contributed by atoms with Crippen LogP contribution in [0.5, 0.6) is 0 Å². The molecule has 0 saturated heterocycles. The molecule has 0 bridgehead atoms. The molecule has 0 saturated carbocycles. The van der Waals surface area contributed by atoms with Crippen LogP contribution in [0.2, 0.25) is 0 Å². The molecule has 0 heterocycles. The maximum atomic E-state index is 12.8. The minimum absolute atomic E-state index is 0.0639. The zero-order valence-electron chi connectivity index (χ0n) is 42.5. The summed E-state index contributed by atoms with van der Waals surface area (Å²) in [5.41, 5.74) is 0. The van der Waals surface area contributed by atoms with Crippen molar-refractivity contribution in [3.63, 3.8) is 0 Å². The van der Waals surface area contributed by atoms with E-state index in [4.69, 9.17) is 14.2 Å². The van der Waals surface area contributed by atoms with Crippen LogP contribution in [0.3, 0.4) is 0 Å². The summed E-state index contributed by atoms with van der Waals surface area (Å²) < 4.78 is 16.8. The van der Waals surface area contributed by atoms with E-state index in [0.717, 1.165) is 69.6 Å². The molecule has 0 N–H and O–H groups in total. The van der Waals surface area contributed by atoms with Crippen LogP contribution in [0.15, 0.2) is 0 Å². The second kappa shape index (κ2) is 48.9. The Morgan fingerprint density at radius 1 is 0.339 bits per heavy atom. The van der Waals surface area contributed by atoms with Crippen LogP contribution in [-0.2, 0) is 28.6 Å². The lowest BCUT2D eigenvalue weighted by atomic mass is 9.99. The standard InChI is InChI=1S/C56H108O6/c1-6-8-9-10-11-12-13-14-15-16-17-18-19-20-21-26-33-38-43-48-56(59)62-53(50-61-55(58)47-42-37-32-28-27-29-34-39-44-51(3)4)49-60-54(57)46-41-36-31-25-23-22-24-30-35-40-45-52(5)7-2/h51-53H,6-50H2,1-5H3/t52?,53-/m0/s1. The van der Waals surface area contributed by atoms with Crippen molar-refractivity contribution >= 4 is 17.9 Å². The summed E-state index contributed by atoms with van der Waals surface area (Å²) in [4.78, 5) is 38.0. The van der Waals surface area contributed by atoms with Crippen molar-refractivity contribution in [1.82, 2.24) is 0 Å². The first-order valence-electron chi connectivity index (χ1n) is 27.8. The monoisotopic (exact) mass is 877 g/mol. The molecule has 2 atom stereocenters. The predicted octanol–water partition coefficient (Wildman–Crippen LogP) is 18.1. The van der Waals surface area contributed by atoms with E-state index in [0.29, 0.717) is 19.3 Å². The van der Waals surface area contributed by atoms with Gasteiger partial charge in [0.2, 0.25) is 0 Å². The third-order valence-corrected chi connectivity index (χ3v) is 13.1. The Kier molecular flexibility index (Phi) is 47.6. The third-order valence-electron chi connectivity index (χ3n) is 13.1. The van der Waals surface area contributed by atoms with E-state index in [1.807, 2.05) is 0 Å². The van der Waals surface area contributed by atoms with Crippen LogP contribution in [0.1, 0.15) is 311 Å². The highest BCUT2D eigenvalue weighted by Gasteiger charge is 2.19. The van der Waals surface area contributed by atoms with E-state index in [9.17, 15) is 14.4 Å². The topological polar surface area (TPSA) is 78.9 Å². The van der Waals surface area contributed by atoms with Crippen LogP contribution in [0, 0.1) is 11.8 Å². The lowest BCUT2D eigenvalue weighted by Crippen LogP contribution is -2.30. The maximum absolute atomic E-state index is 12.8. The maximum Gasteiger partial charge on any atom is 0.306 e. The highest BCUT2D eigenvalue weighted by molar-refractivity contribution is 5.71. The van der Waals surface area contributed by atoms with Crippen LogP contribution < -0.4 is 0 Å². The average Bonchev–Trinajstić information content (AvgIpc) is 3.26. The molecule has 0 spiro atoms. The summed E-state index contributed by atoms with van der Waals surface area (Å²) in [5, 5.41) is 0.